The van der Waals surface area contributed by atoms with Gasteiger partial charge in [-0.1, -0.05) is 20.8 Å². The third-order valence-corrected chi connectivity index (χ3v) is 3.46. The van der Waals surface area contributed by atoms with Gasteiger partial charge in [0.15, 0.2) is 0 Å². The number of rotatable bonds is 5. The first-order valence-corrected chi connectivity index (χ1v) is 5.94. The summed E-state index contributed by atoms with van der Waals surface area (Å²) in [4.78, 5) is 13.6. The number of hydrogen-bond donors (Lipinski definition) is 1. The predicted octanol–water partition coefficient (Wildman–Crippen LogP) is 1.90. The average molecular weight is 249 g/mol. The van der Waals surface area contributed by atoms with E-state index in [1.165, 1.54) is 0 Å². The molecule has 0 spiro atoms. The number of nitrogens with zero attached hydrogens (tertiary/aromatic N) is 1. The first kappa shape index (κ1) is 15.7. The topological polar surface area (TPSA) is 46.3 Å². The second-order valence-corrected chi connectivity index (χ2v) is 5.28. The third kappa shape index (κ3) is 4.30. The van der Waals surface area contributed by atoms with Gasteiger partial charge in [0.1, 0.15) is 0 Å². The largest absolute Gasteiger partial charge is 0.345 e. The van der Waals surface area contributed by atoms with Crippen molar-refractivity contribution in [3.63, 3.8) is 0 Å². The molecule has 0 aliphatic heterocycles. The summed E-state index contributed by atoms with van der Waals surface area (Å²) in [6, 6.07) is 0.205. The fourth-order valence-corrected chi connectivity index (χ4v) is 1.74. The average Bonchev–Trinajstić information content (AvgIpc) is 2.89. The van der Waals surface area contributed by atoms with Crippen molar-refractivity contribution >= 4 is 18.3 Å². The maximum atomic E-state index is 11.8. The minimum atomic E-state index is 0. The highest BCUT2D eigenvalue weighted by Gasteiger charge is 2.40. The van der Waals surface area contributed by atoms with Gasteiger partial charge in [-0.05, 0) is 24.7 Å². The number of nitrogens with two attached hydrogens (primary N) is 1. The van der Waals surface area contributed by atoms with Gasteiger partial charge in [-0.2, -0.15) is 0 Å². The molecule has 1 aliphatic carbocycles. The molecule has 2 N–H and O–H groups in total. The van der Waals surface area contributed by atoms with Crippen LogP contribution >= 0.6 is 12.4 Å². The van der Waals surface area contributed by atoms with Crippen molar-refractivity contribution in [2.24, 2.45) is 23.5 Å². The van der Waals surface area contributed by atoms with E-state index in [1.807, 2.05) is 11.9 Å². The van der Waals surface area contributed by atoms with Crippen LogP contribution in [0.2, 0.25) is 0 Å². The first-order valence-electron chi connectivity index (χ1n) is 5.94. The summed E-state index contributed by atoms with van der Waals surface area (Å²) in [5.74, 6) is 1.69. The zero-order valence-corrected chi connectivity index (χ0v) is 11.6. The number of halogens is 1. The molecule has 1 aliphatic rings. The molecule has 1 fully saturated rings. The van der Waals surface area contributed by atoms with Gasteiger partial charge in [-0.3, -0.25) is 4.79 Å². The minimum Gasteiger partial charge on any atom is -0.345 e. The maximum absolute atomic E-state index is 11.8. The van der Waals surface area contributed by atoms with Crippen molar-refractivity contribution in [1.82, 2.24) is 4.90 Å². The van der Waals surface area contributed by atoms with E-state index in [0.29, 0.717) is 23.7 Å². The lowest BCUT2D eigenvalue weighted by Crippen LogP contribution is -2.35. The number of amides is 1. The molecular weight excluding hydrogens is 224 g/mol. The summed E-state index contributed by atoms with van der Waals surface area (Å²) in [7, 11) is 1.89. The van der Waals surface area contributed by atoms with Crippen molar-refractivity contribution in [2.75, 3.05) is 13.6 Å². The molecule has 0 aromatic rings. The molecule has 1 saturated carbocycles. The fraction of sp³-hybridized carbons (Fsp3) is 0.917. The van der Waals surface area contributed by atoms with Crippen molar-refractivity contribution in [3.05, 3.63) is 0 Å². The van der Waals surface area contributed by atoms with Crippen LogP contribution in [0.5, 0.6) is 0 Å². The summed E-state index contributed by atoms with van der Waals surface area (Å²) in [6.07, 6.45) is 1.97. The first-order chi connectivity index (χ1) is 6.93. The van der Waals surface area contributed by atoms with Gasteiger partial charge in [0, 0.05) is 25.6 Å². The minimum absolute atomic E-state index is 0. The highest BCUT2D eigenvalue weighted by molar-refractivity contribution is 5.85. The number of carbonyl (C=O) groups excluding carboxylic acids is 1. The lowest BCUT2D eigenvalue weighted by Gasteiger charge is -2.21. The van der Waals surface area contributed by atoms with Crippen LogP contribution in [0.3, 0.4) is 0 Å². The Hall–Kier alpha value is -0.280. The van der Waals surface area contributed by atoms with Gasteiger partial charge in [0.25, 0.3) is 0 Å². The van der Waals surface area contributed by atoms with Crippen molar-refractivity contribution < 1.29 is 4.79 Å². The van der Waals surface area contributed by atoms with Crippen LogP contribution in [0, 0.1) is 17.8 Å². The molecule has 1 rings (SSSR count). The standard InChI is InChI=1S/C12H24N2O.ClH/c1-8(2)11(13)5-6-14(4)12(15)10-7-9(10)3;/h8-11H,5-7,13H2,1-4H3;1H. The van der Waals surface area contributed by atoms with Crippen LogP contribution in [-0.2, 0) is 4.79 Å². The van der Waals surface area contributed by atoms with Gasteiger partial charge in [0.05, 0.1) is 0 Å². The predicted molar refractivity (Wildman–Crippen MR) is 69.6 cm³/mol. The number of carbonyl (C=O) groups is 1. The lowest BCUT2D eigenvalue weighted by molar-refractivity contribution is -0.131. The molecule has 0 saturated heterocycles. The summed E-state index contributed by atoms with van der Waals surface area (Å²) >= 11 is 0. The Balaban J connectivity index is 0.00000225. The van der Waals surface area contributed by atoms with E-state index in [0.717, 1.165) is 19.4 Å². The Morgan fingerprint density at radius 2 is 2.00 bits per heavy atom. The molecule has 3 unspecified atom stereocenters. The number of hydrogen-bond acceptors (Lipinski definition) is 2. The van der Waals surface area contributed by atoms with Crippen LogP contribution in [-0.4, -0.2) is 30.4 Å². The molecule has 16 heavy (non-hydrogen) atoms. The van der Waals surface area contributed by atoms with E-state index in [4.69, 9.17) is 5.73 Å². The second kappa shape index (κ2) is 6.45. The summed E-state index contributed by atoms with van der Waals surface area (Å²) in [5.41, 5.74) is 5.95. The Morgan fingerprint density at radius 1 is 1.50 bits per heavy atom. The van der Waals surface area contributed by atoms with Crippen molar-refractivity contribution in [1.29, 1.82) is 0 Å². The van der Waals surface area contributed by atoms with Crippen molar-refractivity contribution in [3.8, 4) is 0 Å². The molecule has 0 heterocycles. The van der Waals surface area contributed by atoms with Crippen LogP contribution in [0.4, 0.5) is 0 Å². The highest BCUT2D eigenvalue weighted by atomic mass is 35.5. The Labute approximate surface area is 105 Å². The highest BCUT2D eigenvalue weighted by Crippen LogP contribution is 2.38. The molecule has 0 bridgehead atoms. The molecule has 1 amide bonds. The van der Waals surface area contributed by atoms with E-state index in [1.54, 1.807) is 0 Å². The third-order valence-electron chi connectivity index (χ3n) is 3.46. The van der Waals surface area contributed by atoms with Gasteiger partial charge in [-0.15, -0.1) is 12.4 Å². The Kier molecular flexibility index (Phi) is 6.34. The Morgan fingerprint density at radius 3 is 2.38 bits per heavy atom. The van der Waals surface area contributed by atoms with E-state index in [9.17, 15) is 4.79 Å². The summed E-state index contributed by atoms with van der Waals surface area (Å²) in [5, 5.41) is 0. The molecule has 0 radical (unpaired) electrons. The Bertz CT molecular complexity index is 233. The summed E-state index contributed by atoms with van der Waals surface area (Å²) < 4.78 is 0. The fourth-order valence-electron chi connectivity index (χ4n) is 1.74. The van der Waals surface area contributed by atoms with Gasteiger partial charge >= 0.3 is 0 Å². The van der Waals surface area contributed by atoms with E-state index in [2.05, 4.69) is 20.8 Å². The van der Waals surface area contributed by atoms with Crippen LogP contribution < -0.4 is 5.73 Å². The summed E-state index contributed by atoms with van der Waals surface area (Å²) in [6.45, 7) is 7.17. The van der Waals surface area contributed by atoms with Crippen molar-refractivity contribution in [2.45, 2.75) is 39.7 Å². The maximum Gasteiger partial charge on any atom is 0.225 e. The molecule has 0 aromatic heterocycles. The zero-order valence-electron chi connectivity index (χ0n) is 10.8. The van der Waals surface area contributed by atoms with Gasteiger partial charge < -0.3 is 10.6 Å². The monoisotopic (exact) mass is 248 g/mol. The molecule has 96 valence electrons. The lowest BCUT2D eigenvalue weighted by atomic mass is 10.0. The molecule has 3 atom stereocenters. The molecule has 3 nitrogen and oxygen atoms in total. The molecule has 4 heteroatoms. The molecule has 0 aromatic carbocycles. The molecular formula is C12H25ClN2O. The smallest absolute Gasteiger partial charge is 0.225 e. The van der Waals surface area contributed by atoms with Crippen LogP contribution in [0.25, 0.3) is 0 Å². The zero-order chi connectivity index (χ0) is 11.6. The van der Waals surface area contributed by atoms with Gasteiger partial charge in [-0.25, -0.2) is 0 Å². The SMILES string of the molecule is CC(C)C(N)CCN(C)C(=O)C1CC1C.Cl. The van der Waals surface area contributed by atoms with Gasteiger partial charge in [0.2, 0.25) is 5.91 Å². The van der Waals surface area contributed by atoms with Crippen LogP contribution in [0.15, 0.2) is 0 Å². The van der Waals surface area contributed by atoms with E-state index in [-0.39, 0.29) is 18.4 Å². The van der Waals surface area contributed by atoms with E-state index >= 15 is 0 Å². The van der Waals surface area contributed by atoms with E-state index < -0.39 is 0 Å². The van der Waals surface area contributed by atoms with Crippen LogP contribution in [0.1, 0.15) is 33.6 Å². The second-order valence-electron chi connectivity index (χ2n) is 5.28. The normalized spacial score (nSPS) is 24.9. The quantitative estimate of drug-likeness (QED) is 0.808.